The normalized spacial score (nSPS) is 16.6. The van der Waals surface area contributed by atoms with Crippen LogP contribution in [0, 0.1) is 0 Å². The standard InChI is InChI=1S/C22H30BrN3O/c1-4-27-21-11-8-18(23)16-20(21)22(26-14-5-12-24-13-15-26)17-6-9-19(10-7-17)25(2)3/h6-11,16,22,24H,4-5,12-15H2,1-3H3. The summed E-state index contributed by atoms with van der Waals surface area (Å²) in [6.07, 6.45) is 1.16. The Bertz CT molecular complexity index is 725. The zero-order chi connectivity index (χ0) is 19.2. The summed E-state index contributed by atoms with van der Waals surface area (Å²) in [5.74, 6) is 0.972. The molecule has 2 aromatic carbocycles. The van der Waals surface area contributed by atoms with Crippen LogP contribution in [0.25, 0.3) is 0 Å². The van der Waals surface area contributed by atoms with Crippen molar-refractivity contribution in [2.75, 3.05) is 51.8 Å². The summed E-state index contributed by atoms with van der Waals surface area (Å²) in [5, 5.41) is 3.52. The van der Waals surface area contributed by atoms with Crippen LogP contribution in [0.4, 0.5) is 5.69 Å². The van der Waals surface area contributed by atoms with E-state index in [2.05, 4.69) is 87.6 Å². The van der Waals surface area contributed by atoms with Crippen LogP contribution >= 0.6 is 15.9 Å². The molecule has 1 atom stereocenters. The maximum Gasteiger partial charge on any atom is 0.124 e. The van der Waals surface area contributed by atoms with Gasteiger partial charge in [0.1, 0.15) is 5.75 Å². The van der Waals surface area contributed by atoms with Gasteiger partial charge >= 0.3 is 0 Å². The minimum Gasteiger partial charge on any atom is -0.494 e. The molecule has 146 valence electrons. The fraction of sp³-hybridized carbons (Fsp3) is 0.455. The molecule has 1 N–H and O–H groups in total. The molecule has 27 heavy (non-hydrogen) atoms. The van der Waals surface area contributed by atoms with Crippen LogP contribution in [0.2, 0.25) is 0 Å². The van der Waals surface area contributed by atoms with Crippen molar-refractivity contribution >= 4 is 21.6 Å². The number of rotatable bonds is 6. The number of hydrogen-bond donors (Lipinski definition) is 1. The lowest BCUT2D eigenvalue weighted by Crippen LogP contribution is -2.33. The summed E-state index contributed by atoms with van der Waals surface area (Å²) in [6.45, 7) is 6.91. The molecule has 1 unspecified atom stereocenters. The van der Waals surface area contributed by atoms with E-state index in [1.54, 1.807) is 0 Å². The van der Waals surface area contributed by atoms with Crippen LogP contribution in [0.1, 0.15) is 30.5 Å². The fourth-order valence-corrected chi connectivity index (χ4v) is 4.07. The van der Waals surface area contributed by atoms with E-state index in [-0.39, 0.29) is 6.04 Å². The van der Waals surface area contributed by atoms with E-state index in [9.17, 15) is 0 Å². The smallest absolute Gasteiger partial charge is 0.124 e. The minimum atomic E-state index is 0.181. The Kier molecular flexibility index (Phi) is 7.16. The number of ether oxygens (including phenoxy) is 1. The van der Waals surface area contributed by atoms with Crippen LogP contribution in [-0.2, 0) is 0 Å². The first kappa shape index (κ1) is 20.2. The first-order valence-corrected chi connectivity index (χ1v) is 10.5. The van der Waals surface area contributed by atoms with Crippen molar-refractivity contribution in [1.82, 2.24) is 10.2 Å². The molecule has 0 amide bonds. The van der Waals surface area contributed by atoms with Crippen molar-refractivity contribution < 1.29 is 4.74 Å². The van der Waals surface area contributed by atoms with Crippen LogP contribution in [0.3, 0.4) is 0 Å². The van der Waals surface area contributed by atoms with Crippen molar-refractivity contribution in [1.29, 1.82) is 0 Å². The number of nitrogens with zero attached hydrogens (tertiary/aromatic N) is 2. The van der Waals surface area contributed by atoms with E-state index in [0.29, 0.717) is 6.61 Å². The van der Waals surface area contributed by atoms with Crippen molar-refractivity contribution in [2.24, 2.45) is 0 Å². The Morgan fingerprint density at radius 2 is 1.89 bits per heavy atom. The molecule has 2 aromatic rings. The van der Waals surface area contributed by atoms with E-state index >= 15 is 0 Å². The number of hydrogen-bond acceptors (Lipinski definition) is 4. The monoisotopic (exact) mass is 431 g/mol. The van der Waals surface area contributed by atoms with Gasteiger partial charge < -0.3 is 15.0 Å². The minimum absolute atomic E-state index is 0.181. The molecule has 1 fully saturated rings. The number of nitrogens with one attached hydrogen (secondary N) is 1. The second kappa shape index (κ2) is 9.58. The van der Waals surface area contributed by atoms with Gasteiger partial charge in [0.05, 0.1) is 12.6 Å². The Morgan fingerprint density at radius 3 is 2.59 bits per heavy atom. The Morgan fingerprint density at radius 1 is 1.11 bits per heavy atom. The van der Waals surface area contributed by atoms with E-state index in [1.807, 2.05) is 6.92 Å². The van der Waals surface area contributed by atoms with Gasteiger partial charge in [-0.2, -0.15) is 0 Å². The second-order valence-corrected chi connectivity index (χ2v) is 8.06. The predicted molar refractivity (Wildman–Crippen MR) is 117 cm³/mol. The Hall–Kier alpha value is -1.56. The van der Waals surface area contributed by atoms with Gasteiger partial charge in [-0.25, -0.2) is 0 Å². The summed E-state index contributed by atoms with van der Waals surface area (Å²) in [4.78, 5) is 4.72. The number of benzene rings is 2. The van der Waals surface area contributed by atoms with Gasteiger partial charge in [0, 0.05) is 49.5 Å². The molecule has 1 heterocycles. The summed E-state index contributed by atoms with van der Waals surface area (Å²) >= 11 is 3.67. The molecule has 5 heteroatoms. The molecule has 0 saturated carbocycles. The van der Waals surface area contributed by atoms with E-state index in [4.69, 9.17) is 4.74 Å². The maximum atomic E-state index is 6.01. The zero-order valence-corrected chi connectivity index (χ0v) is 18.1. The molecule has 1 aliphatic heterocycles. The highest BCUT2D eigenvalue weighted by Gasteiger charge is 2.26. The van der Waals surface area contributed by atoms with Gasteiger partial charge in [0.2, 0.25) is 0 Å². The summed E-state index contributed by atoms with van der Waals surface area (Å²) in [5.41, 5.74) is 3.75. The van der Waals surface area contributed by atoms with Crippen LogP contribution < -0.4 is 15.0 Å². The van der Waals surface area contributed by atoms with Crippen molar-refractivity contribution in [3.8, 4) is 5.75 Å². The third-order valence-electron chi connectivity index (χ3n) is 5.03. The van der Waals surface area contributed by atoms with E-state index < -0.39 is 0 Å². The van der Waals surface area contributed by atoms with E-state index in [0.717, 1.165) is 42.8 Å². The average Bonchev–Trinajstić information content (AvgIpc) is 2.94. The molecule has 0 radical (unpaired) electrons. The number of anilines is 1. The summed E-state index contributed by atoms with van der Waals surface area (Å²) < 4.78 is 7.09. The lowest BCUT2D eigenvalue weighted by atomic mass is 9.95. The first-order chi connectivity index (χ1) is 13.1. The number of halogens is 1. The molecule has 0 spiro atoms. The summed E-state index contributed by atoms with van der Waals surface area (Å²) in [6, 6.07) is 15.5. The van der Waals surface area contributed by atoms with Gasteiger partial charge in [-0.05, 0) is 55.8 Å². The molecule has 1 saturated heterocycles. The fourth-order valence-electron chi connectivity index (χ4n) is 3.69. The highest BCUT2D eigenvalue weighted by atomic mass is 79.9. The highest BCUT2D eigenvalue weighted by molar-refractivity contribution is 9.10. The van der Waals surface area contributed by atoms with Crippen molar-refractivity contribution in [3.63, 3.8) is 0 Å². The molecule has 0 aliphatic carbocycles. The van der Waals surface area contributed by atoms with E-state index in [1.165, 1.54) is 16.8 Å². The maximum absolute atomic E-state index is 6.01. The van der Waals surface area contributed by atoms with Crippen LogP contribution in [0.15, 0.2) is 46.9 Å². The highest BCUT2D eigenvalue weighted by Crippen LogP contribution is 2.37. The van der Waals surface area contributed by atoms with Crippen LogP contribution in [0.5, 0.6) is 5.75 Å². The Balaban J connectivity index is 2.05. The topological polar surface area (TPSA) is 27.7 Å². The molecular formula is C22H30BrN3O. The molecule has 1 aliphatic rings. The zero-order valence-electron chi connectivity index (χ0n) is 16.5. The molecule has 3 rings (SSSR count). The van der Waals surface area contributed by atoms with Gasteiger partial charge in [0.25, 0.3) is 0 Å². The first-order valence-electron chi connectivity index (χ1n) is 9.74. The van der Waals surface area contributed by atoms with Gasteiger partial charge in [-0.1, -0.05) is 28.1 Å². The molecule has 0 bridgehead atoms. The van der Waals surface area contributed by atoms with Crippen molar-refractivity contribution in [2.45, 2.75) is 19.4 Å². The Labute approximate surface area is 171 Å². The van der Waals surface area contributed by atoms with Gasteiger partial charge in [0.15, 0.2) is 0 Å². The third kappa shape index (κ3) is 5.03. The largest absolute Gasteiger partial charge is 0.494 e. The predicted octanol–water partition coefficient (Wildman–Crippen LogP) is 4.30. The average molecular weight is 432 g/mol. The molecular weight excluding hydrogens is 402 g/mol. The van der Waals surface area contributed by atoms with Gasteiger partial charge in [-0.3, -0.25) is 4.90 Å². The van der Waals surface area contributed by atoms with Gasteiger partial charge in [-0.15, -0.1) is 0 Å². The van der Waals surface area contributed by atoms with Crippen LogP contribution in [-0.4, -0.2) is 51.8 Å². The quantitative estimate of drug-likeness (QED) is 0.737. The third-order valence-corrected chi connectivity index (χ3v) is 5.52. The molecule has 0 aromatic heterocycles. The lowest BCUT2D eigenvalue weighted by Gasteiger charge is -2.32. The second-order valence-electron chi connectivity index (χ2n) is 7.14. The summed E-state index contributed by atoms with van der Waals surface area (Å²) in [7, 11) is 4.16. The lowest BCUT2D eigenvalue weighted by molar-refractivity contribution is 0.233. The molecule has 4 nitrogen and oxygen atoms in total. The van der Waals surface area contributed by atoms with Crippen molar-refractivity contribution in [3.05, 3.63) is 58.1 Å². The SMILES string of the molecule is CCOc1ccc(Br)cc1C(c1ccc(N(C)C)cc1)N1CCCNCC1.